The molecule has 0 fully saturated rings. The van der Waals surface area contributed by atoms with Crippen molar-refractivity contribution in [1.29, 1.82) is 0 Å². The molecule has 1 heterocycles. The quantitative estimate of drug-likeness (QED) is 0.180. The lowest BCUT2D eigenvalue weighted by atomic mass is 9.79. The van der Waals surface area contributed by atoms with E-state index >= 15 is 0 Å². The van der Waals surface area contributed by atoms with Crippen LogP contribution in [0.4, 0.5) is 5.69 Å². The van der Waals surface area contributed by atoms with Crippen molar-refractivity contribution in [2.75, 3.05) is 11.9 Å². The van der Waals surface area contributed by atoms with Crippen molar-refractivity contribution >= 4 is 29.7 Å². The zero-order valence-electron chi connectivity index (χ0n) is 24.0. The topological polar surface area (TPSA) is 88.5 Å². The van der Waals surface area contributed by atoms with Crippen LogP contribution in [0.1, 0.15) is 81.7 Å². The Bertz CT molecular complexity index is 1260. The smallest absolute Gasteiger partial charge is 0.310 e. The Kier molecular flexibility index (Phi) is 11.9. The van der Waals surface area contributed by atoms with Gasteiger partial charge in [-0.3, -0.25) is 9.59 Å². The van der Waals surface area contributed by atoms with Crippen molar-refractivity contribution in [3.63, 3.8) is 0 Å². The van der Waals surface area contributed by atoms with Gasteiger partial charge in [0.2, 0.25) is 11.8 Å². The maximum Gasteiger partial charge on any atom is 0.310 e. The number of unbranched alkanes of at least 4 members (excludes halogenated alkanes) is 2. The van der Waals surface area contributed by atoms with Crippen molar-refractivity contribution in [3.05, 3.63) is 89.1 Å². The lowest BCUT2D eigenvalue weighted by Crippen LogP contribution is -2.34. The molecule has 0 saturated heterocycles. The molecule has 0 aliphatic rings. The Morgan fingerprint density at radius 3 is 2.33 bits per heavy atom. The Balaban J connectivity index is 1.46. The van der Waals surface area contributed by atoms with Crippen LogP contribution in [0.15, 0.2) is 66.7 Å². The summed E-state index contributed by atoms with van der Waals surface area (Å²) >= 11 is 0. The molecule has 6 heteroatoms. The van der Waals surface area contributed by atoms with Gasteiger partial charge in [-0.05, 0) is 85.9 Å². The fraction of sp³-hybridized carbons (Fsp3) is 0.382. The van der Waals surface area contributed by atoms with Gasteiger partial charge in [-0.2, -0.15) is 0 Å². The number of amides is 1. The molecule has 0 aliphatic carbocycles. The molecule has 0 atom stereocenters. The van der Waals surface area contributed by atoms with Crippen LogP contribution in [-0.2, 0) is 22.4 Å². The number of hydrogen-bond donors (Lipinski definition) is 2. The minimum Gasteiger partial charge on any atom is -0.481 e. The highest BCUT2D eigenvalue weighted by atomic mass is 16.5. The molecule has 3 rings (SSSR count). The normalized spacial score (nSPS) is 11.5. The molecular formula is C34H42N2O4. The van der Waals surface area contributed by atoms with Crippen LogP contribution < -0.4 is 10.1 Å². The van der Waals surface area contributed by atoms with Crippen molar-refractivity contribution < 1.29 is 19.4 Å². The van der Waals surface area contributed by atoms with E-state index in [9.17, 15) is 14.7 Å². The number of nitrogens with zero attached hydrogens (tertiary/aromatic N) is 1. The van der Waals surface area contributed by atoms with Gasteiger partial charge in [-0.25, -0.2) is 4.98 Å². The number of carbonyl (C=O) groups excluding carboxylic acids is 1. The molecule has 212 valence electrons. The second-order valence-corrected chi connectivity index (χ2v) is 10.2. The van der Waals surface area contributed by atoms with Crippen LogP contribution in [0.3, 0.4) is 0 Å². The minimum atomic E-state index is -1.04. The number of anilines is 1. The maximum absolute atomic E-state index is 12.6. The number of ether oxygens (including phenoxy) is 1. The Hall–Kier alpha value is -3.93. The molecule has 6 nitrogen and oxygen atoms in total. The first kappa shape index (κ1) is 30.6. The highest BCUT2D eigenvalue weighted by Gasteiger charge is 2.37. The number of aliphatic carboxylic acids is 1. The van der Waals surface area contributed by atoms with Gasteiger partial charge < -0.3 is 15.2 Å². The van der Waals surface area contributed by atoms with E-state index in [1.54, 1.807) is 19.9 Å². The van der Waals surface area contributed by atoms with E-state index in [4.69, 9.17) is 4.74 Å². The van der Waals surface area contributed by atoms with Crippen LogP contribution in [-0.4, -0.2) is 28.6 Å². The van der Waals surface area contributed by atoms with E-state index in [1.807, 2.05) is 48.6 Å². The Morgan fingerprint density at radius 2 is 1.62 bits per heavy atom. The second kappa shape index (κ2) is 15.6. The SMILES string of the molecule is CCc1ccc(CCCCCOc2cccc(/C=C/c3cccc(NC(=O)CC(CC)(CC)C(=O)O)c3)n2)cc1. The number of nitrogens with one attached hydrogen (secondary N) is 1. The predicted octanol–water partition coefficient (Wildman–Crippen LogP) is 7.83. The number of pyridine rings is 1. The van der Waals surface area contributed by atoms with E-state index in [2.05, 4.69) is 41.5 Å². The van der Waals surface area contributed by atoms with Crippen LogP contribution >= 0.6 is 0 Å². The lowest BCUT2D eigenvalue weighted by molar-refractivity contribution is -0.151. The largest absolute Gasteiger partial charge is 0.481 e. The molecule has 0 saturated carbocycles. The standard InChI is InChI=1S/C34H42N2O4/c1-4-26-17-19-27(20-18-26)12-8-7-9-23-40-32-16-11-14-29(36-32)22-21-28-13-10-15-30(24-28)35-31(37)25-34(5-2,6-3)33(38)39/h10-11,13-22,24H,4-9,12,23,25H2,1-3H3,(H,35,37)(H,38,39)/b22-21+. The van der Waals surface area contributed by atoms with Crippen LogP contribution in [0.5, 0.6) is 5.88 Å². The number of carboxylic acids is 1. The van der Waals surface area contributed by atoms with E-state index in [-0.39, 0.29) is 12.3 Å². The number of aromatic nitrogens is 1. The van der Waals surface area contributed by atoms with Crippen molar-refractivity contribution in [3.8, 4) is 5.88 Å². The molecule has 40 heavy (non-hydrogen) atoms. The summed E-state index contributed by atoms with van der Waals surface area (Å²) in [6, 6.07) is 22.0. The third kappa shape index (κ3) is 9.37. The average Bonchev–Trinajstić information content (AvgIpc) is 2.97. The van der Waals surface area contributed by atoms with Gasteiger partial charge in [-0.1, -0.05) is 69.3 Å². The summed E-state index contributed by atoms with van der Waals surface area (Å²) in [7, 11) is 0. The van der Waals surface area contributed by atoms with Crippen molar-refractivity contribution in [2.24, 2.45) is 5.41 Å². The molecule has 0 spiro atoms. The minimum absolute atomic E-state index is 0.0566. The summed E-state index contributed by atoms with van der Waals surface area (Å²) in [6.07, 6.45) is 9.97. The van der Waals surface area contributed by atoms with Gasteiger partial charge in [0.1, 0.15) is 0 Å². The van der Waals surface area contributed by atoms with Crippen LogP contribution in [0.2, 0.25) is 0 Å². The van der Waals surface area contributed by atoms with Gasteiger partial charge in [0, 0.05) is 18.2 Å². The monoisotopic (exact) mass is 542 g/mol. The van der Waals surface area contributed by atoms with Gasteiger partial charge in [0.15, 0.2) is 0 Å². The highest BCUT2D eigenvalue weighted by molar-refractivity contribution is 5.94. The molecule has 0 aliphatic heterocycles. The van der Waals surface area contributed by atoms with Crippen molar-refractivity contribution in [2.45, 2.75) is 72.1 Å². The average molecular weight is 543 g/mol. The Morgan fingerprint density at radius 1 is 0.900 bits per heavy atom. The number of carboxylic acid groups (broad SMARTS) is 1. The predicted molar refractivity (Wildman–Crippen MR) is 162 cm³/mol. The summed E-state index contributed by atoms with van der Waals surface area (Å²) in [5.41, 5.74) is 4.03. The number of rotatable bonds is 16. The fourth-order valence-electron chi connectivity index (χ4n) is 4.62. The molecule has 3 aromatic rings. The first-order chi connectivity index (χ1) is 19.4. The third-order valence-electron chi connectivity index (χ3n) is 7.46. The molecule has 0 bridgehead atoms. The zero-order chi connectivity index (χ0) is 28.8. The molecular weight excluding hydrogens is 500 g/mol. The Labute approximate surface area is 238 Å². The number of hydrogen-bond acceptors (Lipinski definition) is 4. The summed E-state index contributed by atoms with van der Waals surface area (Å²) in [4.78, 5) is 28.9. The highest BCUT2D eigenvalue weighted by Crippen LogP contribution is 2.31. The van der Waals surface area contributed by atoms with E-state index in [1.165, 1.54) is 11.1 Å². The third-order valence-corrected chi connectivity index (χ3v) is 7.46. The number of aryl methyl sites for hydroxylation is 2. The fourth-order valence-corrected chi connectivity index (χ4v) is 4.62. The van der Waals surface area contributed by atoms with Crippen LogP contribution in [0, 0.1) is 5.41 Å². The number of benzene rings is 2. The molecule has 2 aromatic carbocycles. The van der Waals surface area contributed by atoms with Gasteiger partial charge in [-0.15, -0.1) is 0 Å². The maximum atomic E-state index is 12.6. The van der Waals surface area contributed by atoms with Crippen molar-refractivity contribution in [1.82, 2.24) is 4.98 Å². The zero-order valence-corrected chi connectivity index (χ0v) is 24.0. The first-order valence-corrected chi connectivity index (χ1v) is 14.4. The molecule has 1 amide bonds. The first-order valence-electron chi connectivity index (χ1n) is 14.4. The van der Waals surface area contributed by atoms with Gasteiger partial charge >= 0.3 is 5.97 Å². The van der Waals surface area contributed by atoms with Gasteiger partial charge in [0.05, 0.1) is 17.7 Å². The summed E-state index contributed by atoms with van der Waals surface area (Å²) < 4.78 is 5.88. The summed E-state index contributed by atoms with van der Waals surface area (Å²) in [5, 5.41) is 12.5. The van der Waals surface area contributed by atoms with Gasteiger partial charge in [0.25, 0.3) is 0 Å². The van der Waals surface area contributed by atoms with Crippen LogP contribution in [0.25, 0.3) is 12.2 Å². The van der Waals surface area contributed by atoms with E-state index < -0.39 is 11.4 Å². The summed E-state index contributed by atoms with van der Waals surface area (Å²) in [5.74, 6) is -0.632. The molecule has 0 unspecified atom stereocenters. The second-order valence-electron chi connectivity index (χ2n) is 10.2. The molecule has 1 aromatic heterocycles. The van der Waals surface area contributed by atoms with E-state index in [0.717, 1.165) is 43.4 Å². The molecule has 0 radical (unpaired) electrons. The number of carbonyl (C=O) groups is 2. The lowest BCUT2D eigenvalue weighted by Gasteiger charge is -2.25. The molecule has 2 N–H and O–H groups in total. The van der Waals surface area contributed by atoms with E-state index in [0.29, 0.717) is 31.0 Å². The summed E-state index contributed by atoms with van der Waals surface area (Å²) in [6.45, 7) is 6.42.